The Bertz CT molecular complexity index is 621. The third-order valence-electron chi connectivity index (χ3n) is 2.63. The van der Waals surface area contributed by atoms with E-state index in [0.29, 0.717) is 11.8 Å². The fraction of sp³-hybridized carbons (Fsp3) is 0.0714. The SMILES string of the molecule is COc1ccc(C(=O)c2cc(F)cc(F)c2)c(N)c1. The van der Waals surface area contributed by atoms with E-state index in [9.17, 15) is 13.6 Å². The van der Waals surface area contributed by atoms with Gasteiger partial charge in [-0.25, -0.2) is 8.78 Å². The number of nitrogens with two attached hydrogens (primary N) is 1. The number of benzene rings is 2. The topological polar surface area (TPSA) is 52.3 Å². The van der Waals surface area contributed by atoms with Gasteiger partial charge in [-0.05, 0) is 24.3 Å². The van der Waals surface area contributed by atoms with Crippen molar-refractivity contribution in [3.63, 3.8) is 0 Å². The molecule has 0 fully saturated rings. The van der Waals surface area contributed by atoms with E-state index in [1.807, 2.05) is 0 Å². The van der Waals surface area contributed by atoms with Crippen LogP contribution < -0.4 is 10.5 Å². The van der Waals surface area contributed by atoms with Crippen LogP contribution in [-0.4, -0.2) is 12.9 Å². The molecule has 0 bridgehead atoms. The molecule has 0 aliphatic rings. The molecule has 0 heterocycles. The first kappa shape index (κ1) is 13.0. The second-order valence-corrected chi connectivity index (χ2v) is 3.94. The van der Waals surface area contributed by atoms with E-state index in [0.717, 1.165) is 12.1 Å². The van der Waals surface area contributed by atoms with Crippen LogP contribution in [0, 0.1) is 11.6 Å². The third kappa shape index (κ3) is 2.70. The molecule has 2 rings (SSSR count). The molecule has 98 valence electrons. The molecule has 5 heteroatoms. The van der Waals surface area contributed by atoms with E-state index in [-0.39, 0.29) is 16.8 Å². The number of hydrogen-bond acceptors (Lipinski definition) is 3. The summed E-state index contributed by atoms with van der Waals surface area (Å²) in [5.41, 5.74) is 6.00. The molecular formula is C14H11F2NO2. The van der Waals surface area contributed by atoms with Gasteiger partial charge in [-0.2, -0.15) is 0 Å². The maximum absolute atomic E-state index is 13.1. The summed E-state index contributed by atoms with van der Waals surface area (Å²) in [7, 11) is 1.47. The molecule has 0 aliphatic carbocycles. The van der Waals surface area contributed by atoms with E-state index in [2.05, 4.69) is 0 Å². The number of methoxy groups -OCH3 is 1. The molecule has 0 aliphatic heterocycles. The smallest absolute Gasteiger partial charge is 0.195 e. The number of hydrogen-bond donors (Lipinski definition) is 1. The van der Waals surface area contributed by atoms with Gasteiger partial charge in [-0.1, -0.05) is 0 Å². The van der Waals surface area contributed by atoms with Gasteiger partial charge in [0.05, 0.1) is 7.11 Å². The predicted molar refractivity (Wildman–Crippen MR) is 67.2 cm³/mol. The number of carbonyl (C=O) groups is 1. The van der Waals surface area contributed by atoms with E-state index >= 15 is 0 Å². The fourth-order valence-corrected chi connectivity index (χ4v) is 1.71. The van der Waals surface area contributed by atoms with Crippen LogP contribution in [0.4, 0.5) is 14.5 Å². The highest BCUT2D eigenvalue weighted by molar-refractivity contribution is 6.12. The lowest BCUT2D eigenvalue weighted by Gasteiger charge is -2.07. The summed E-state index contributed by atoms with van der Waals surface area (Å²) in [6.45, 7) is 0. The minimum absolute atomic E-state index is 0.0885. The summed E-state index contributed by atoms with van der Waals surface area (Å²) in [5.74, 6) is -1.66. The number of ketones is 1. The monoisotopic (exact) mass is 263 g/mol. The third-order valence-corrected chi connectivity index (χ3v) is 2.63. The Hall–Kier alpha value is -2.43. The van der Waals surface area contributed by atoms with Gasteiger partial charge in [0.1, 0.15) is 17.4 Å². The van der Waals surface area contributed by atoms with Gasteiger partial charge in [0.15, 0.2) is 5.78 Å². The Morgan fingerprint density at radius 3 is 2.26 bits per heavy atom. The Balaban J connectivity index is 2.44. The minimum Gasteiger partial charge on any atom is -0.497 e. The molecule has 0 spiro atoms. The molecule has 2 aromatic rings. The standard InChI is InChI=1S/C14H11F2NO2/c1-19-11-2-3-12(13(17)7-11)14(18)8-4-9(15)6-10(16)5-8/h2-7H,17H2,1H3. The minimum atomic E-state index is -0.810. The lowest BCUT2D eigenvalue weighted by molar-refractivity contribution is 0.103. The quantitative estimate of drug-likeness (QED) is 0.684. The van der Waals surface area contributed by atoms with Crippen LogP contribution in [0.15, 0.2) is 36.4 Å². The van der Waals surface area contributed by atoms with Crippen molar-refractivity contribution in [3.05, 3.63) is 59.2 Å². The average molecular weight is 263 g/mol. The molecule has 0 radical (unpaired) electrons. The molecule has 2 aromatic carbocycles. The van der Waals surface area contributed by atoms with Crippen molar-refractivity contribution in [1.82, 2.24) is 0 Å². The number of halogens is 2. The molecule has 0 atom stereocenters. The molecule has 0 unspecified atom stereocenters. The zero-order valence-corrected chi connectivity index (χ0v) is 10.1. The first-order valence-electron chi connectivity index (χ1n) is 5.45. The van der Waals surface area contributed by atoms with Crippen LogP contribution in [0.25, 0.3) is 0 Å². The molecule has 0 saturated carbocycles. The van der Waals surface area contributed by atoms with E-state index in [4.69, 9.17) is 10.5 Å². The number of ether oxygens (including phenoxy) is 1. The zero-order valence-electron chi connectivity index (χ0n) is 10.1. The Morgan fingerprint density at radius 1 is 1.11 bits per heavy atom. The first-order valence-corrected chi connectivity index (χ1v) is 5.45. The van der Waals surface area contributed by atoms with E-state index in [1.54, 1.807) is 6.07 Å². The summed E-state index contributed by atoms with van der Waals surface area (Å²) >= 11 is 0. The van der Waals surface area contributed by atoms with Crippen LogP contribution in [0.5, 0.6) is 5.75 Å². The second-order valence-electron chi connectivity index (χ2n) is 3.94. The molecule has 0 saturated heterocycles. The fourth-order valence-electron chi connectivity index (χ4n) is 1.71. The van der Waals surface area contributed by atoms with Crippen molar-refractivity contribution in [1.29, 1.82) is 0 Å². The highest BCUT2D eigenvalue weighted by Crippen LogP contribution is 2.23. The van der Waals surface area contributed by atoms with Crippen molar-refractivity contribution in [2.24, 2.45) is 0 Å². The molecule has 0 amide bonds. The highest BCUT2D eigenvalue weighted by atomic mass is 19.1. The van der Waals surface area contributed by atoms with E-state index < -0.39 is 17.4 Å². The second kappa shape index (κ2) is 5.06. The van der Waals surface area contributed by atoms with Crippen LogP contribution in [0.1, 0.15) is 15.9 Å². The Kier molecular flexibility index (Phi) is 3.46. The summed E-state index contributed by atoms with van der Waals surface area (Å²) in [6.07, 6.45) is 0. The summed E-state index contributed by atoms with van der Waals surface area (Å²) < 4.78 is 31.1. The lowest BCUT2D eigenvalue weighted by Crippen LogP contribution is -2.06. The summed E-state index contributed by atoms with van der Waals surface area (Å²) in [5, 5.41) is 0. The Labute approximate surface area is 108 Å². The average Bonchev–Trinajstić information content (AvgIpc) is 2.36. The van der Waals surface area contributed by atoms with Crippen molar-refractivity contribution in [3.8, 4) is 5.75 Å². The van der Waals surface area contributed by atoms with Gasteiger partial charge in [0, 0.05) is 28.9 Å². The van der Waals surface area contributed by atoms with E-state index in [1.165, 1.54) is 19.2 Å². The highest BCUT2D eigenvalue weighted by Gasteiger charge is 2.15. The van der Waals surface area contributed by atoms with Gasteiger partial charge < -0.3 is 10.5 Å². The van der Waals surface area contributed by atoms with Crippen LogP contribution in [-0.2, 0) is 0 Å². The maximum Gasteiger partial charge on any atom is 0.195 e. The largest absolute Gasteiger partial charge is 0.497 e. The van der Waals surface area contributed by atoms with Gasteiger partial charge >= 0.3 is 0 Å². The Morgan fingerprint density at radius 2 is 1.74 bits per heavy atom. The summed E-state index contributed by atoms with van der Waals surface area (Å²) in [6, 6.07) is 7.12. The number of rotatable bonds is 3. The normalized spacial score (nSPS) is 10.3. The van der Waals surface area contributed by atoms with Crippen molar-refractivity contribution in [2.75, 3.05) is 12.8 Å². The predicted octanol–water partition coefficient (Wildman–Crippen LogP) is 2.79. The number of carbonyl (C=O) groups excluding carboxylic acids is 1. The zero-order chi connectivity index (χ0) is 14.0. The number of nitrogen functional groups attached to an aromatic ring is 1. The molecular weight excluding hydrogens is 252 g/mol. The van der Waals surface area contributed by atoms with Crippen molar-refractivity contribution < 1.29 is 18.3 Å². The van der Waals surface area contributed by atoms with Gasteiger partial charge in [0.2, 0.25) is 0 Å². The van der Waals surface area contributed by atoms with Crippen LogP contribution >= 0.6 is 0 Å². The van der Waals surface area contributed by atoms with Gasteiger partial charge in [-0.3, -0.25) is 4.79 Å². The first-order chi connectivity index (χ1) is 9.01. The number of anilines is 1. The maximum atomic E-state index is 13.1. The molecule has 3 nitrogen and oxygen atoms in total. The van der Waals surface area contributed by atoms with Gasteiger partial charge in [0.25, 0.3) is 0 Å². The van der Waals surface area contributed by atoms with Crippen LogP contribution in [0.3, 0.4) is 0 Å². The summed E-state index contributed by atoms with van der Waals surface area (Å²) in [4.78, 5) is 12.1. The molecule has 2 N–H and O–H groups in total. The molecule has 0 aromatic heterocycles. The lowest BCUT2D eigenvalue weighted by atomic mass is 10.0. The van der Waals surface area contributed by atoms with Crippen molar-refractivity contribution in [2.45, 2.75) is 0 Å². The molecule has 19 heavy (non-hydrogen) atoms. The van der Waals surface area contributed by atoms with Crippen LogP contribution in [0.2, 0.25) is 0 Å². The van der Waals surface area contributed by atoms with Gasteiger partial charge in [-0.15, -0.1) is 0 Å². The van der Waals surface area contributed by atoms with Crippen molar-refractivity contribution >= 4 is 11.5 Å².